The number of amides is 2. The zero-order valence-corrected chi connectivity index (χ0v) is 16.2. The molecule has 7 heteroatoms. The molecule has 25 heavy (non-hydrogen) atoms. The number of carbonyl (C=O) groups excluding carboxylic acids is 2. The van der Waals surface area contributed by atoms with Crippen LogP contribution in [0.5, 0.6) is 0 Å². The zero-order chi connectivity index (χ0) is 18.2. The average molecular weight is 385 g/mol. The molecule has 2 atom stereocenters. The molecule has 138 valence electrons. The van der Waals surface area contributed by atoms with Gasteiger partial charge >= 0.3 is 0 Å². The van der Waals surface area contributed by atoms with Crippen LogP contribution in [0.1, 0.15) is 37.1 Å². The molecule has 0 aromatic heterocycles. The van der Waals surface area contributed by atoms with Crippen LogP contribution in [0.4, 0.5) is 0 Å². The van der Waals surface area contributed by atoms with Crippen LogP contribution in [0, 0.1) is 0 Å². The summed E-state index contributed by atoms with van der Waals surface area (Å²) in [5.74, 6) is 0.235. The molecule has 1 N–H and O–H groups in total. The monoisotopic (exact) mass is 384 g/mol. The first-order valence-corrected chi connectivity index (χ1v) is 9.96. The molecule has 1 aromatic carbocycles. The second kappa shape index (κ2) is 10.0. The second-order valence-electron chi connectivity index (χ2n) is 5.96. The third kappa shape index (κ3) is 5.12. The number of nitrogens with one attached hydrogen (secondary N) is 1. The van der Waals surface area contributed by atoms with Gasteiger partial charge in [0.2, 0.25) is 11.8 Å². The van der Waals surface area contributed by atoms with E-state index in [1.807, 2.05) is 18.2 Å². The van der Waals surface area contributed by atoms with Crippen LogP contribution in [0.25, 0.3) is 0 Å². The number of hydrogen-bond acceptors (Lipinski definition) is 4. The molecule has 5 nitrogen and oxygen atoms in total. The number of carbonyl (C=O) groups is 2. The second-order valence-corrected chi connectivity index (χ2v) is 7.48. The fourth-order valence-corrected chi connectivity index (χ4v) is 4.62. The van der Waals surface area contributed by atoms with Crippen molar-refractivity contribution < 1.29 is 14.3 Å². The minimum atomic E-state index is -0.504. The molecular formula is C18H25ClN2O3S. The van der Waals surface area contributed by atoms with Crippen LogP contribution >= 0.6 is 23.4 Å². The normalized spacial score (nSPS) is 19.9. The van der Waals surface area contributed by atoms with Gasteiger partial charge in [-0.2, -0.15) is 0 Å². The van der Waals surface area contributed by atoms with Crippen molar-refractivity contribution in [2.45, 2.75) is 37.6 Å². The number of methoxy groups -OCH3 is 1. The largest absolute Gasteiger partial charge is 0.375 e. The highest BCUT2D eigenvalue weighted by Gasteiger charge is 2.42. The molecule has 0 saturated carbocycles. The molecule has 0 aliphatic carbocycles. The third-order valence-corrected chi connectivity index (χ3v) is 5.76. The van der Waals surface area contributed by atoms with Crippen molar-refractivity contribution >= 4 is 35.2 Å². The van der Waals surface area contributed by atoms with Gasteiger partial charge in [0.25, 0.3) is 0 Å². The van der Waals surface area contributed by atoms with E-state index in [1.54, 1.807) is 22.7 Å². The van der Waals surface area contributed by atoms with E-state index in [2.05, 4.69) is 12.2 Å². The Kier molecular flexibility index (Phi) is 8.06. The maximum atomic E-state index is 12.6. The fourth-order valence-electron chi connectivity index (χ4n) is 2.83. The molecule has 2 rings (SSSR count). The summed E-state index contributed by atoms with van der Waals surface area (Å²) in [7, 11) is 1.48. The van der Waals surface area contributed by atoms with Gasteiger partial charge in [0.15, 0.2) is 0 Å². The highest BCUT2D eigenvalue weighted by Crippen LogP contribution is 2.43. The van der Waals surface area contributed by atoms with E-state index in [9.17, 15) is 9.59 Å². The molecule has 1 saturated heterocycles. The Bertz CT molecular complexity index is 599. The maximum absolute atomic E-state index is 12.6. The van der Waals surface area contributed by atoms with E-state index >= 15 is 0 Å². The number of ether oxygens (including phenoxy) is 1. The topological polar surface area (TPSA) is 58.6 Å². The fraction of sp³-hybridized carbons (Fsp3) is 0.556. The molecular weight excluding hydrogens is 360 g/mol. The Morgan fingerprint density at radius 2 is 2.12 bits per heavy atom. The van der Waals surface area contributed by atoms with Crippen LogP contribution in [0.2, 0.25) is 5.02 Å². The lowest BCUT2D eigenvalue weighted by Gasteiger charge is -2.29. The lowest BCUT2D eigenvalue weighted by atomic mass is 10.1. The zero-order valence-electron chi connectivity index (χ0n) is 14.7. The molecule has 1 aliphatic rings. The number of unbranched alkanes of at least 4 members (excludes halogenated alkanes) is 2. The van der Waals surface area contributed by atoms with Gasteiger partial charge in [-0.15, -0.1) is 11.8 Å². The van der Waals surface area contributed by atoms with Gasteiger partial charge in [0, 0.05) is 30.0 Å². The minimum absolute atomic E-state index is 0.0544. The molecule has 1 fully saturated rings. The lowest BCUT2D eigenvalue weighted by Crippen LogP contribution is -2.49. The van der Waals surface area contributed by atoms with Crippen LogP contribution in [0.15, 0.2) is 24.3 Å². The van der Waals surface area contributed by atoms with Crippen LogP contribution < -0.4 is 5.32 Å². The van der Waals surface area contributed by atoms with E-state index < -0.39 is 6.04 Å². The number of nitrogens with zero attached hydrogens (tertiary/aromatic N) is 1. The lowest BCUT2D eigenvalue weighted by molar-refractivity contribution is -0.142. The van der Waals surface area contributed by atoms with Gasteiger partial charge in [-0.1, -0.05) is 49.6 Å². The Balaban J connectivity index is 2.15. The maximum Gasteiger partial charge on any atom is 0.250 e. The highest BCUT2D eigenvalue weighted by atomic mass is 35.5. The first-order valence-electron chi connectivity index (χ1n) is 8.54. The van der Waals surface area contributed by atoms with E-state index in [0.717, 1.165) is 24.8 Å². The van der Waals surface area contributed by atoms with Crippen molar-refractivity contribution in [3.05, 3.63) is 34.9 Å². The number of rotatable bonds is 8. The van der Waals surface area contributed by atoms with Gasteiger partial charge in [-0.05, 0) is 12.5 Å². The van der Waals surface area contributed by atoms with Crippen LogP contribution in [-0.2, 0) is 14.3 Å². The Labute approximate surface area is 158 Å². The van der Waals surface area contributed by atoms with Crippen molar-refractivity contribution in [2.24, 2.45) is 0 Å². The highest BCUT2D eigenvalue weighted by molar-refractivity contribution is 7.99. The standard InChI is InChI=1S/C18H25ClN2O3S/c1-3-4-7-10-20-17(23)15-12-25-18(21(15)16(22)11-24-2)13-8-5-6-9-14(13)19/h5-6,8-9,15,18H,3-4,7,10-12H2,1-2H3,(H,20,23)/t15-,18-/m0/s1. The number of halogens is 1. The Hall–Kier alpha value is -1.24. The summed E-state index contributed by atoms with van der Waals surface area (Å²) < 4.78 is 5.01. The first kappa shape index (κ1) is 20.1. The summed E-state index contributed by atoms with van der Waals surface area (Å²) in [5, 5.41) is 3.27. The molecule has 0 radical (unpaired) electrons. The first-order chi connectivity index (χ1) is 12.1. The van der Waals surface area contributed by atoms with Crippen molar-refractivity contribution in [3.8, 4) is 0 Å². The summed E-state index contributed by atoms with van der Waals surface area (Å²) in [6.45, 7) is 2.70. The molecule has 1 aromatic rings. The van der Waals surface area contributed by atoms with E-state index in [4.69, 9.17) is 16.3 Å². The molecule has 0 unspecified atom stereocenters. The van der Waals surface area contributed by atoms with Gasteiger partial charge < -0.3 is 15.0 Å². The predicted octanol–water partition coefficient (Wildman–Crippen LogP) is 3.24. The average Bonchev–Trinajstić information content (AvgIpc) is 3.04. The summed E-state index contributed by atoms with van der Waals surface area (Å²) in [6.07, 6.45) is 3.12. The molecule has 1 heterocycles. The smallest absolute Gasteiger partial charge is 0.250 e. The summed E-state index contributed by atoms with van der Waals surface area (Å²) in [4.78, 5) is 26.8. The summed E-state index contributed by atoms with van der Waals surface area (Å²) >= 11 is 7.87. The predicted molar refractivity (Wildman–Crippen MR) is 102 cm³/mol. The quantitative estimate of drug-likeness (QED) is 0.699. The van der Waals surface area contributed by atoms with Gasteiger partial charge in [0.1, 0.15) is 18.0 Å². The summed E-state index contributed by atoms with van der Waals surface area (Å²) in [6, 6.07) is 6.93. The molecule has 2 amide bonds. The van der Waals surface area contributed by atoms with E-state index in [1.165, 1.54) is 7.11 Å². The Morgan fingerprint density at radius 1 is 1.36 bits per heavy atom. The number of hydrogen-bond donors (Lipinski definition) is 1. The van der Waals surface area contributed by atoms with Crippen molar-refractivity contribution in [2.75, 3.05) is 26.0 Å². The Morgan fingerprint density at radius 3 is 2.80 bits per heavy atom. The van der Waals surface area contributed by atoms with E-state index in [0.29, 0.717) is 17.3 Å². The third-order valence-electron chi connectivity index (χ3n) is 4.11. The number of benzene rings is 1. The molecule has 1 aliphatic heterocycles. The summed E-state index contributed by atoms with van der Waals surface area (Å²) in [5.41, 5.74) is 0.847. The molecule has 0 bridgehead atoms. The minimum Gasteiger partial charge on any atom is -0.375 e. The van der Waals surface area contributed by atoms with Crippen LogP contribution in [-0.4, -0.2) is 48.8 Å². The van der Waals surface area contributed by atoms with Gasteiger partial charge in [-0.25, -0.2) is 0 Å². The van der Waals surface area contributed by atoms with Crippen molar-refractivity contribution in [1.82, 2.24) is 10.2 Å². The van der Waals surface area contributed by atoms with Gasteiger partial charge in [-0.3, -0.25) is 9.59 Å². The van der Waals surface area contributed by atoms with Gasteiger partial charge in [0.05, 0.1) is 0 Å². The van der Waals surface area contributed by atoms with Crippen LogP contribution in [0.3, 0.4) is 0 Å². The van der Waals surface area contributed by atoms with Crippen molar-refractivity contribution in [1.29, 1.82) is 0 Å². The number of thioether (sulfide) groups is 1. The SMILES string of the molecule is CCCCCNC(=O)[C@@H]1CS[C@@H](c2ccccc2Cl)N1C(=O)COC. The van der Waals surface area contributed by atoms with E-state index in [-0.39, 0.29) is 23.8 Å². The van der Waals surface area contributed by atoms with Crippen molar-refractivity contribution in [3.63, 3.8) is 0 Å². The molecule has 0 spiro atoms.